The van der Waals surface area contributed by atoms with Crippen molar-refractivity contribution >= 4 is 17.8 Å². The molecule has 4 aromatic heterocycles. The van der Waals surface area contributed by atoms with Crippen LogP contribution in [0.2, 0.25) is 0 Å². The molecule has 4 heterocycles. The molecule has 0 bridgehead atoms. The third-order valence-electron chi connectivity index (χ3n) is 5.22. The largest absolute Gasteiger partial charge is 0.479 e. The average molecular weight is 474 g/mol. The summed E-state index contributed by atoms with van der Waals surface area (Å²) in [6.45, 7) is -1.02. The van der Waals surface area contributed by atoms with Crippen molar-refractivity contribution in [3.05, 3.63) is 84.5 Å². The van der Waals surface area contributed by atoms with Gasteiger partial charge >= 0.3 is 6.61 Å². The topological polar surface area (TPSA) is 79.4 Å². The molecule has 0 atom stereocenters. The quantitative estimate of drug-likeness (QED) is 0.328. The second kappa shape index (κ2) is 9.34. The number of hydrogen-bond acceptors (Lipinski definition) is 6. The summed E-state index contributed by atoms with van der Waals surface area (Å²) >= 11 is 0. The maximum absolute atomic E-state index is 12.9. The van der Waals surface area contributed by atoms with Crippen molar-refractivity contribution in [3.63, 3.8) is 0 Å². The lowest BCUT2D eigenvalue weighted by Crippen LogP contribution is -2.03. The van der Waals surface area contributed by atoms with Gasteiger partial charge in [0.2, 0.25) is 5.88 Å². The van der Waals surface area contributed by atoms with E-state index >= 15 is 0 Å². The summed E-state index contributed by atoms with van der Waals surface area (Å²) in [6, 6.07) is 13.9. The molecule has 0 aliphatic carbocycles. The fourth-order valence-electron chi connectivity index (χ4n) is 3.69. The number of imidazole rings is 1. The van der Waals surface area contributed by atoms with E-state index in [2.05, 4.69) is 20.1 Å². The number of rotatable bonds is 7. The maximum atomic E-state index is 12.9. The Hall–Kier alpha value is -4.60. The standard InChI is InChI=1S/C25H20F2N6O2/c1-16-14-32(15-28-16)20-11-9-17(29-24(20)34-2)10-12-22-30-23-19(7-5-13-33(23)31-22)18-6-3-4-8-21(18)35-25(26)27/h3-15,25H,1-2H3/b12-10+. The van der Waals surface area contributed by atoms with Crippen LogP contribution in [0.4, 0.5) is 8.78 Å². The van der Waals surface area contributed by atoms with Crippen molar-refractivity contribution in [2.45, 2.75) is 13.5 Å². The van der Waals surface area contributed by atoms with Gasteiger partial charge in [-0.2, -0.15) is 8.78 Å². The van der Waals surface area contributed by atoms with Crippen molar-refractivity contribution in [1.82, 2.24) is 29.1 Å². The number of hydrogen-bond donors (Lipinski definition) is 0. The van der Waals surface area contributed by atoms with Crippen LogP contribution < -0.4 is 9.47 Å². The molecule has 0 fully saturated rings. The Kier molecular flexibility index (Phi) is 5.92. The van der Waals surface area contributed by atoms with Crippen molar-refractivity contribution in [1.29, 1.82) is 0 Å². The molecule has 0 amide bonds. The van der Waals surface area contributed by atoms with Gasteiger partial charge in [0.15, 0.2) is 11.5 Å². The first-order valence-electron chi connectivity index (χ1n) is 10.7. The number of para-hydroxylation sites is 1. The molecule has 0 unspecified atom stereocenters. The molecule has 35 heavy (non-hydrogen) atoms. The zero-order chi connectivity index (χ0) is 24.4. The third kappa shape index (κ3) is 4.58. The van der Waals surface area contributed by atoms with Crippen molar-refractivity contribution < 1.29 is 18.3 Å². The van der Waals surface area contributed by atoms with E-state index < -0.39 is 6.61 Å². The maximum Gasteiger partial charge on any atom is 0.387 e. The van der Waals surface area contributed by atoms with Crippen LogP contribution in [-0.4, -0.2) is 42.9 Å². The van der Waals surface area contributed by atoms with Gasteiger partial charge in [0, 0.05) is 23.5 Å². The number of alkyl halides is 2. The number of aromatic nitrogens is 6. The summed E-state index contributed by atoms with van der Waals surface area (Å²) in [5, 5.41) is 4.47. The molecule has 0 radical (unpaired) electrons. The average Bonchev–Trinajstić information content (AvgIpc) is 3.48. The van der Waals surface area contributed by atoms with Crippen LogP contribution in [0.1, 0.15) is 17.2 Å². The van der Waals surface area contributed by atoms with Crippen molar-refractivity contribution in [3.8, 4) is 28.4 Å². The molecular formula is C25H20F2N6O2. The van der Waals surface area contributed by atoms with Crippen molar-refractivity contribution in [2.24, 2.45) is 0 Å². The van der Waals surface area contributed by atoms with Gasteiger partial charge in [0.25, 0.3) is 0 Å². The van der Waals surface area contributed by atoms with Gasteiger partial charge in [-0.1, -0.05) is 18.2 Å². The minimum absolute atomic E-state index is 0.0696. The third-order valence-corrected chi connectivity index (χ3v) is 5.22. The minimum atomic E-state index is -2.93. The lowest BCUT2D eigenvalue weighted by Gasteiger charge is -2.10. The molecule has 10 heteroatoms. The number of halogens is 2. The van der Waals surface area contributed by atoms with Crippen LogP contribution in [0.15, 0.2) is 67.3 Å². The Labute approximate surface area is 199 Å². The molecular weight excluding hydrogens is 454 g/mol. The number of methoxy groups -OCH3 is 1. The van der Waals surface area contributed by atoms with E-state index in [1.54, 1.807) is 66.6 Å². The van der Waals surface area contributed by atoms with Crippen LogP contribution >= 0.6 is 0 Å². The Morgan fingerprint density at radius 1 is 0.971 bits per heavy atom. The van der Waals surface area contributed by atoms with E-state index in [0.29, 0.717) is 34.2 Å². The van der Waals surface area contributed by atoms with E-state index in [0.717, 1.165) is 11.4 Å². The number of fused-ring (bicyclic) bond motifs is 1. The number of pyridine rings is 2. The molecule has 5 rings (SSSR count). The SMILES string of the molecule is COc1nc(/C=C/c2nc3c(-c4ccccc4OC(F)F)cccn3n2)ccc1-n1cnc(C)c1. The van der Waals surface area contributed by atoms with Crippen molar-refractivity contribution in [2.75, 3.05) is 7.11 Å². The minimum Gasteiger partial charge on any atom is -0.479 e. The molecule has 176 valence electrons. The van der Waals surface area contributed by atoms with Gasteiger partial charge in [0.05, 0.1) is 24.8 Å². The normalized spacial score (nSPS) is 11.6. The van der Waals surface area contributed by atoms with Gasteiger partial charge in [-0.15, -0.1) is 5.10 Å². The lowest BCUT2D eigenvalue weighted by molar-refractivity contribution is -0.0494. The zero-order valence-electron chi connectivity index (χ0n) is 18.8. The highest BCUT2D eigenvalue weighted by Gasteiger charge is 2.15. The summed E-state index contributed by atoms with van der Waals surface area (Å²) in [5.41, 5.74) is 3.93. The van der Waals surface area contributed by atoms with Crippen LogP contribution in [0.25, 0.3) is 34.6 Å². The first-order valence-corrected chi connectivity index (χ1v) is 10.7. The van der Waals surface area contributed by atoms with Gasteiger partial charge < -0.3 is 14.0 Å². The molecule has 0 saturated carbocycles. The van der Waals surface area contributed by atoms with Crippen LogP contribution in [0, 0.1) is 6.92 Å². The molecule has 1 aromatic carbocycles. The molecule has 0 saturated heterocycles. The van der Waals surface area contributed by atoms with Gasteiger partial charge in [-0.05, 0) is 49.4 Å². The van der Waals surface area contributed by atoms with E-state index in [9.17, 15) is 8.78 Å². The van der Waals surface area contributed by atoms with E-state index in [-0.39, 0.29) is 5.75 Å². The first kappa shape index (κ1) is 22.2. The van der Waals surface area contributed by atoms with E-state index in [1.165, 1.54) is 6.07 Å². The van der Waals surface area contributed by atoms with Crippen LogP contribution in [-0.2, 0) is 0 Å². The second-order valence-corrected chi connectivity index (χ2v) is 7.55. The van der Waals surface area contributed by atoms with Gasteiger partial charge in [-0.25, -0.2) is 19.5 Å². The Morgan fingerprint density at radius 3 is 2.57 bits per heavy atom. The number of ether oxygens (including phenoxy) is 2. The number of nitrogens with zero attached hydrogens (tertiary/aromatic N) is 6. The molecule has 0 aliphatic heterocycles. The molecule has 0 aliphatic rings. The highest BCUT2D eigenvalue weighted by Crippen LogP contribution is 2.33. The summed E-state index contributed by atoms with van der Waals surface area (Å²) in [5.74, 6) is 0.949. The van der Waals surface area contributed by atoms with Gasteiger partial charge in [0.1, 0.15) is 11.4 Å². The first-order chi connectivity index (χ1) is 17.0. The number of benzene rings is 1. The second-order valence-electron chi connectivity index (χ2n) is 7.55. The summed E-state index contributed by atoms with van der Waals surface area (Å²) in [4.78, 5) is 13.4. The highest BCUT2D eigenvalue weighted by atomic mass is 19.3. The number of aryl methyl sites for hydroxylation is 1. The fraction of sp³-hybridized carbons (Fsp3) is 0.120. The monoisotopic (exact) mass is 474 g/mol. The fourth-order valence-corrected chi connectivity index (χ4v) is 3.69. The Balaban J connectivity index is 1.47. The molecule has 0 N–H and O–H groups in total. The molecule has 0 spiro atoms. The molecule has 5 aromatic rings. The van der Waals surface area contributed by atoms with Crippen LogP contribution in [0.5, 0.6) is 11.6 Å². The summed E-state index contributed by atoms with van der Waals surface area (Å²) < 4.78 is 39.4. The van der Waals surface area contributed by atoms with E-state index in [1.807, 2.05) is 29.8 Å². The summed E-state index contributed by atoms with van der Waals surface area (Å²) in [7, 11) is 1.56. The van der Waals surface area contributed by atoms with Gasteiger partial charge in [-0.3, -0.25) is 0 Å². The smallest absolute Gasteiger partial charge is 0.387 e. The highest BCUT2D eigenvalue weighted by molar-refractivity contribution is 5.82. The Bertz CT molecular complexity index is 1530. The predicted molar refractivity (Wildman–Crippen MR) is 127 cm³/mol. The zero-order valence-corrected chi connectivity index (χ0v) is 18.8. The predicted octanol–water partition coefficient (Wildman–Crippen LogP) is 5.07. The Morgan fingerprint density at radius 2 is 1.80 bits per heavy atom. The van der Waals surface area contributed by atoms with Crippen LogP contribution in [0.3, 0.4) is 0 Å². The van der Waals surface area contributed by atoms with E-state index in [4.69, 9.17) is 9.47 Å². The summed E-state index contributed by atoms with van der Waals surface area (Å²) in [6.07, 6.45) is 8.82. The lowest BCUT2D eigenvalue weighted by atomic mass is 10.1. The molecule has 8 nitrogen and oxygen atoms in total.